The Morgan fingerprint density at radius 2 is 2.10 bits per heavy atom. The van der Waals surface area contributed by atoms with Crippen molar-refractivity contribution in [2.24, 2.45) is 11.3 Å². The van der Waals surface area contributed by atoms with Gasteiger partial charge in [0.1, 0.15) is 6.61 Å². The molecule has 0 amide bonds. The van der Waals surface area contributed by atoms with Gasteiger partial charge >= 0.3 is 5.97 Å². The molecule has 1 rings (SSSR count). The Balaban J connectivity index is 2.44. The van der Waals surface area contributed by atoms with Crippen LogP contribution in [0.5, 0.6) is 0 Å². The van der Waals surface area contributed by atoms with E-state index in [4.69, 9.17) is 9.47 Å². The van der Waals surface area contributed by atoms with Crippen LogP contribution in [-0.4, -0.2) is 24.3 Å². The summed E-state index contributed by atoms with van der Waals surface area (Å²) in [6, 6.07) is 0. The first-order chi connectivity index (χ1) is 9.15. The summed E-state index contributed by atoms with van der Waals surface area (Å²) in [5, 5.41) is 0. The molecular formula is C17H28O3. The van der Waals surface area contributed by atoms with Gasteiger partial charge in [-0.2, -0.15) is 0 Å². The Morgan fingerprint density at radius 3 is 2.60 bits per heavy atom. The highest BCUT2D eigenvalue weighted by Gasteiger charge is 2.36. The minimum atomic E-state index is -0.487. The van der Waals surface area contributed by atoms with Crippen LogP contribution in [0.2, 0.25) is 0 Å². The summed E-state index contributed by atoms with van der Waals surface area (Å²) in [5.41, 5.74) is -0.0488. The largest absolute Gasteiger partial charge is 0.453 e. The van der Waals surface area contributed by atoms with E-state index in [0.29, 0.717) is 11.3 Å². The molecule has 0 aromatic heterocycles. The first-order valence-corrected chi connectivity index (χ1v) is 7.42. The normalized spacial score (nSPS) is 22.8. The van der Waals surface area contributed by atoms with Crippen LogP contribution >= 0.6 is 0 Å². The monoisotopic (exact) mass is 280 g/mol. The van der Waals surface area contributed by atoms with E-state index >= 15 is 0 Å². The lowest BCUT2D eigenvalue weighted by Gasteiger charge is -2.32. The smallest absolute Gasteiger partial charge is 0.384 e. The Morgan fingerprint density at radius 1 is 1.45 bits per heavy atom. The minimum absolute atomic E-state index is 0.183. The standard InChI is InChI=1S/C17H28O3/c1-7-8-15(18)19-12-17(5,6)20-13(2)14-9-10-16(3,4)11-14/h13-14H,9-12H2,1-6H3. The van der Waals surface area contributed by atoms with E-state index in [1.165, 1.54) is 19.3 Å². The highest BCUT2D eigenvalue weighted by atomic mass is 16.6. The molecule has 0 spiro atoms. The van der Waals surface area contributed by atoms with Gasteiger partial charge in [0, 0.05) is 5.92 Å². The molecule has 0 aliphatic heterocycles. The van der Waals surface area contributed by atoms with Crippen LogP contribution in [0.1, 0.15) is 60.8 Å². The fourth-order valence-electron chi connectivity index (χ4n) is 2.90. The number of carbonyl (C=O) groups excluding carboxylic acids is 1. The third kappa shape index (κ3) is 5.54. The molecule has 3 nitrogen and oxygen atoms in total. The van der Waals surface area contributed by atoms with E-state index in [0.717, 1.165) is 0 Å². The molecule has 0 heterocycles. The summed E-state index contributed by atoms with van der Waals surface area (Å²) in [6.07, 6.45) is 3.85. The van der Waals surface area contributed by atoms with Crippen molar-refractivity contribution < 1.29 is 14.3 Å². The van der Waals surface area contributed by atoms with Gasteiger partial charge in [0.05, 0.1) is 11.7 Å². The molecule has 114 valence electrons. The second-order valence-corrected chi connectivity index (χ2v) is 7.20. The minimum Gasteiger partial charge on any atom is -0.453 e. The highest BCUT2D eigenvalue weighted by Crippen LogP contribution is 2.43. The summed E-state index contributed by atoms with van der Waals surface area (Å²) >= 11 is 0. The van der Waals surface area contributed by atoms with Gasteiger partial charge < -0.3 is 9.47 Å². The average molecular weight is 280 g/mol. The van der Waals surface area contributed by atoms with Crippen LogP contribution in [0.3, 0.4) is 0 Å². The van der Waals surface area contributed by atoms with Crippen LogP contribution in [0.15, 0.2) is 0 Å². The summed E-state index contributed by atoms with van der Waals surface area (Å²) in [7, 11) is 0. The molecule has 20 heavy (non-hydrogen) atoms. The van der Waals surface area contributed by atoms with E-state index < -0.39 is 11.6 Å². The van der Waals surface area contributed by atoms with Gasteiger partial charge in [-0.05, 0) is 58.3 Å². The maximum atomic E-state index is 11.3. The molecule has 0 aromatic rings. The molecule has 0 saturated heterocycles. The van der Waals surface area contributed by atoms with E-state index in [1.807, 2.05) is 13.8 Å². The molecule has 1 aliphatic carbocycles. The predicted molar refractivity (Wildman–Crippen MR) is 80.2 cm³/mol. The fraction of sp³-hybridized carbons (Fsp3) is 0.824. The number of hydrogen-bond donors (Lipinski definition) is 0. The molecule has 1 fully saturated rings. The lowest BCUT2D eigenvalue weighted by atomic mass is 9.89. The molecule has 0 aromatic carbocycles. The van der Waals surface area contributed by atoms with Crippen LogP contribution in [0.25, 0.3) is 0 Å². The Kier molecular flexibility index (Phi) is 5.65. The van der Waals surface area contributed by atoms with Gasteiger partial charge in [-0.15, -0.1) is 0 Å². The summed E-state index contributed by atoms with van der Waals surface area (Å²) in [5.74, 6) is 5.01. The zero-order chi connectivity index (χ0) is 15.4. The van der Waals surface area contributed by atoms with Crippen molar-refractivity contribution >= 4 is 5.97 Å². The lowest BCUT2D eigenvalue weighted by molar-refractivity contribution is -0.154. The van der Waals surface area contributed by atoms with E-state index in [-0.39, 0.29) is 12.7 Å². The second-order valence-electron chi connectivity index (χ2n) is 7.20. The van der Waals surface area contributed by atoms with Crippen molar-refractivity contribution in [2.45, 2.75) is 72.5 Å². The fourth-order valence-corrected chi connectivity index (χ4v) is 2.90. The quantitative estimate of drug-likeness (QED) is 0.439. The van der Waals surface area contributed by atoms with Crippen LogP contribution in [0.4, 0.5) is 0 Å². The molecule has 3 heteroatoms. The van der Waals surface area contributed by atoms with Gasteiger partial charge in [-0.3, -0.25) is 0 Å². The van der Waals surface area contributed by atoms with Crippen molar-refractivity contribution in [2.75, 3.05) is 6.61 Å². The molecule has 0 radical (unpaired) electrons. The van der Waals surface area contributed by atoms with E-state index in [9.17, 15) is 4.79 Å². The lowest BCUT2D eigenvalue weighted by Crippen LogP contribution is -2.37. The molecule has 2 unspecified atom stereocenters. The van der Waals surface area contributed by atoms with Crippen molar-refractivity contribution in [1.29, 1.82) is 0 Å². The van der Waals surface area contributed by atoms with Crippen LogP contribution in [0, 0.1) is 23.2 Å². The number of rotatable bonds is 5. The Hall–Kier alpha value is -1.01. The van der Waals surface area contributed by atoms with E-state index in [2.05, 4.69) is 32.6 Å². The average Bonchev–Trinajstić information content (AvgIpc) is 2.67. The summed E-state index contributed by atoms with van der Waals surface area (Å²) in [4.78, 5) is 11.3. The second kappa shape index (κ2) is 6.63. The SMILES string of the molecule is CC#CC(=O)OCC(C)(C)OC(C)C1CCC(C)(C)C1. The van der Waals surface area contributed by atoms with Gasteiger partial charge in [-0.1, -0.05) is 19.8 Å². The predicted octanol–water partition coefficient (Wildman–Crippen LogP) is 3.56. The Bertz CT molecular complexity index is 398. The first kappa shape index (κ1) is 17.0. The topological polar surface area (TPSA) is 35.5 Å². The first-order valence-electron chi connectivity index (χ1n) is 7.42. The maximum absolute atomic E-state index is 11.3. The Labute approximate surface area is 123 Å². The van der Waals surface area contributed by atoms with Gasteiger partial charge in [0.25, 0.3) is 0 Å². The molecular weight excluding hydrogens is 252 g/mol. The number of carbonyl (C=O) groups is 1. The molecule has 0 N–H and O–H groups in total. The number of esters is 1. The summed E-state index contributed by atoms with van der Waals surface area (Å²) in [6.45, 7) is 12.5. The zero-order valence-electron chi connectivity index (χ0n) is 13.7. The van der Waals surface area contributed by atoms with Crippen molar-refractivity contribution in [3.63, 3.8) is 0 Å². The molecule has 1 aliphatic rings. The third-order valence-corrected chi connectivity index (χ3v) is 3.95. The van der Waals surface area contributed by atoms with Crippen molar-refractivity contribution in [3.05, 3.63) is 0 Å². The highest BCUT2D eigenvalue weighted by molar-refractivity contribution is 5.88. The third-order valence-electron chi connectivity index (χ3n) is 3.95. The molecule has 2 atom stereocenters. The summed E-state index contributed by atoms with van der Waals surface area (Å²) < 4.78 is 11.2. The maximum Gasteiger partial charge on any atom is 0.384 e. The van der Waals surface area contributed by atoms with Crippen LogP contribution in [-0.2, 0) is 14.3 Å². The van der Waals surface area contributed by atoms with Gasteiger partial charge in [0.15, 0.2) is 0 Å². The van der Waals surface area contributed by atoms with Gasteiger partial charge in [-0.25, -0.2) is 4.79 Å². The van der Waals surface area contributed by atoms with Crippen molar-refractivity contribution in [3.8, 4) is 11.8 Å². The molecule has 0 bridgehead atoms. The zero-order valence-corrected chi connectivity index (χ0v) is 13.7. The van der Waals surface area contributed by atoms with Crippen molar-refractivity contribution in [1.82, 2.24) is 0 Å². The van der Waals surface area contributed by atoms with Gasteiger partial charge in [0.2, 0.25) is 0 Å². The van der Waals surface area contributed by atoms with E-state index in [1.54, 1.807) is 6.92 Å². The molecule has 1 saturated carbocycles. The number of ether oxygens (including phenoxy) is 2. The van der Waals surface area contributed by atoms with Crippen LogP contribution < -0.4 is 0 Å². The number of hydrogen-bond acceptors (Lipinski definition) is 3.